The number of hydrogen-bond acceptors (Lipinski definition) is 3. The molecule has 0 aliphatic carbocycles. The van der Waals surface area contributed by atoms with Gasteiger partial charge in [0.15, 0.2) is 0 Å². The zero-order valence-electron chi connectivity index (χ0n) is 6.93. The first-order valence-corrected chi connectivity index (χ1v) is 3.92. The maximum absolute atomic E-state index is 10.5. The molecule has 0 saturated carbocycles. The minimum absolute atomic E-state index is 0.153. The summed E-state index contributed by atoms with van der Waals surface area (Å²) in [5.74, 6) is 0. The van der Waals surface area contributed by atoms with Crippen molar-refractivity contribution in [1.29, 1.82) is 0 Å². The molecule has 1 aliphatic rings. The van der Waals surface area contributed by atoms with Crippen molar-refractivity contribution >= 4 is 6.09 Å². The first-order valence-electron chi connectivity index (χ1n) is 3.92. The number of ether oxygens (including phenoxy) is 1. The average molecular weight is 175 g/mol. The number of aliphatic hydroxyl groups is 1. The molecule has 70 valence electrons. The van der Waals surface area contributed by atoms with Crippen molar-refractivity contribution in [3.63, 3.8) is 0 Å². The Morgan fingerprint density at radius 3 is 2.75 bits per heavy atom. The van der Waals surface area contributed by atoms with Gasteiger partial charge in [0.05, 0.1) is 19.2 Å². The van der Waals surface area contributed by atoms with Gasteiger partial charge >= 0.3 is 6.09 Å². The molecule has 1 amide bonds. The van der Waals surface area contributed by atoms with Crippen molar-refractivity contribution in [2.75, 3.05) is 19.7 Å². The van der Waals surface area contributed by atoms with Gasteiger partial charge in [0, 0.05) is 6.61 Å². The van der Waals surface area contributed by atoms with Gasteiger partial charge in [-0.2, -0.15) is 0 Å². The van der Waals surface area contributed by atoms with Crippen LogP contribution in [0.1, 0.15) is 6.92 Å². The molecule has 1 saturated heterocycles. The first kappa shape index (κ1) is 9.28. The lowest BCUT2D eigenvalue weighted by atomic mass is 10.3. The summed E-state index contributed by atoms with van der Waals surface area (Å²) in [6.45, 7) is 2.73. The van der Waals surface area contributed by atoms with Crippen molar-refractivity contribution in [3.8, 4) is 0 Å². The van der Waals surface area contributed by atoms with Gasteiger partial charge in [-0.3, -0.25) is 0 Å². The van der Waals surface area contributed by atoms with E-state index in [-0.39, 0.29) is 19.2 Å². The standard InChI is InChI=1S/C7H13NO4/c1-2-12-6-4-8(7(10)11)3-5(6)9/h5-6,9H,2-4H2,1H3,(H,10,11)/t5-,6-/m1/s1. The molecule has 0 aromatic carbocycles. The number of likely N-dealkylation sites (tertiary alicyclic amines) is 1. The van der Waals surface area contributed by atoms with Crippen LogP contribution >= 0.6 is 0 Å². The molecule has 0 aromatic rings. The average Bonchev–Trinajstić information content (AvgIpc) is 2.34. The molecule has 0 radical (unpaired) electrons. The van der Waals surface area contributed by atoms with Crippen LogP contribution in [0.25, 0.3) is 0 Å². The number of amides is 1. The van der Waals surface area contributed by atoms with E-state index in [0.717, 1.165) is 4.90 Å². The summed E-state index contributed by atoms with van der Waals surface area (Å²) in [5, 5.41) is 17.9. The van der Waals surface area contributed by atoms with Crippen LogP contribution in [0, 0.1) is 0 Å². The van der Waals surface area contributed by atoms with Crippen LogP contribution in [-0.2, 0) is 4.74 Å². The Balaban J connectivity index is 2.44. The smallest absolute Gasteiger partial charge is 0.407 e. The van der Waals surface area contributed by atoms with Crippen LogP contribution in [0.15, 0.2) is 0 Å². The molecule has 1 rings (SSSR count). The number of carbonyl (C=O) groups is 1. The van der Waals surface area contributed by atoms with Crippen molar-refractivity contribution < 1.29 is 19.7 Å². The second-order valence-electron chi connectivity index (χ2n) is 2.75. The normalized spacial score (nSPS) is 29.3. The minimum atomic E-state index is -1.00. The fraction of sp³-hybridized carbons (Fsp3) is 0.857. The van der Waals surface area contributed by atoms with Crippen LogP contribution in [0.4, 0.5) is 4.79 Å². The molecule has 1 aliphatic heterocycles. The Kier molecular flexibility index (Phi) is 2.88. The summed E-state index contributed by atoms with van der Waals surface area (Å²) in [4.78, 5) is 11.6. The molecule has 0 aromatic heterocycles. The highest BCUT2D eigenvalue weighted by molar-refractivity contribution is 5.65. The second-order valence-corrected chi connectivity index (χ2v) is 2.75. The Hall–Kier alpha value is -0.810. The van der Waals surface area contributed by atoms with E-state index in [1.165, 1.54) is 0 Å². The molecular weight excluding hydrogens is 162 g/mol. The third-order valence-electron chi connectivity index (χ3n) is 1.89. The molecule has 12 heavy (non-hydrogen) atoms. The zero-order valence-corrected chi connectivity index (χ0v) is 6.93. The molecule has 5 heteroatoms. The van der Waals surface area contributed by atoms with Gasteiger partial charge in [-0.25, -0.2) is 4.79 Å². The Bertz CT molecular complexity index is 173. The molecule has 1 heterocycles. The minimum Gasteiger partial charge on any atom is -0.465 e. The zero-order chi connectivity index (χ0) is 9.14. The van der Waals surface area contributed by atoms with E-state index in [9.17, 15) is 9.90 Å². The fourth-order valence-corrected chi connectivity index (χ4v) is 1.29. The lowest BCUT2D eigenvalue weighted by Gasteiger charge is -2.12. The van der Waals surface area contributed by atoms with E-state index in [4.69, 9.17) is 9.84 Å². The predicted molar refractivity (Wildman–Crippen MR) is 41.0 cm³/mol. The molecular formula is C7H13NO4. The summed E-state index contributed by atoms with van der Waals surface area (Å²) in [6.07, 6.45) is -2.04. The molecule has 1 fully saturated rings. The van der Waals surface area contributed by atoms with E-state index in [1.54, 1.807) is 0 Å². The van der Waals surface area contributed by atoms with Crippen molar-refractivity contribution in [2.45, 2.75) is 19.1 Å². The van der Waals surface area contributed by atoms with Gasteiger partial charge in [-0.1, -0.05) is 0 Å². The van der Waals surface area contributed by atoms with Crippen molar-refractivity contribution in [2.24, 2.45) is 0 Å². The Labute approximate surface area is 70.5 Å². The van der Waals surface area contributed by atoms with Gasteiger partial charge < -0.3 is 19.8 Å². The molecule has 0 spiro atoms. The van der Waals surface area contributed by atoms with Gasteiger partial charge in [0.1, 0.15) is 6.10 Å². The van der Waals surface area contributed by atoms with Crippen molar-refractivity contribution in [3.05, 3.63) is 0 Å². The maximum atomic E-state index is 10.5. The number of rotatable bonds is 2. The van der Waals surface area contributed by atoms with Crippen LogP contribution in [0.5, 0.6) is 0 Å². The van der Waals surface area contributed by atoms with Crippen LogP contribution in [0.2, 0.25) is 0 Å². The van der Waals surface area contributed by atoms with Crippen molar-refractivity contribution in [1.82, 2.24) is 4.90 Å². The SMILES string of the molecule is CCO[C@@H]1CN(C(=O)O)C[C@H]1O. The highest BCUT2D eigenvalue weighted by Gasteiger charge is 2.34. The molecule has 0 unspecified atom stereocenters. The van der Waals surface area contributed by atoms with E-state index in [2.05, 4.69) is 0 Å². The van der Waals surface area contributed by atoms with Crippen LogP contribution in [-0.4, -0.2) is 53.1 Å². The topological polar surface area (TPSA) is 70.0 Å². The molecule has 2 N–H and O–H groups in total. The molecule has 5 nitrogen and oxygen atoms in total. The van der Waals surface area contributed by atoms with Gasteiger partial charge in [-0.05, 0) is 6.92 Å². The monoisotopic (exact) mass is 175 g/mol. The number of hydrogen-bond donors (Lipinski definition) is 2. The summed E-state index contributed by atoms with van der Waals surface area (Å²) in [5.41, 5.74) is 0. The summed E-state index contributed by atoms with van der Waals surface area (Å²) in [7, 11) is 0. The van der Waals surface area contributed by atoms with E-state index in [1.807, 2.05) is 6.92 Å². The van der Waals surface area contributed by atoms with Crippen LogP contribution in [0.3, 0.4) is 0 Å². The van der Waals surface area contributed by atoms with Gasteiger partial charge in [0.2, 0.25) is 0 Å². The van der Waals surface area contributed by atoms with E-state index < -0.39 is 12.2 Å². The first-order chi connectivity index (χ1) is 5.65. The molecule has 2 atom stereocenters. The second kappa shape index (κ2) is 3.73. The summed E-state index contributed by atoms with van der Waals surface area (Å²) < 4.78 is 5.14. The number of nitrogens with zero attached hydrogens (tertiary/aromatic N) is 1. The maximum Gasteiger partial charge on any atom is 0.407 e. The quantitative estimate of drug-likeness (QED) is 0.607. The van der Waals surface area contributed by atoms with E-state index >= 15 is 0 Å². The lowest BCUT2D eigenvalue weighted by molar-refractivity contribution is -0.00236. The number of aliphatic hydroxyl groups excluding tert-OH is 1. The largest absolute Gasteiger partial charge is 0.465 e. The predicted octanol–water partition coefficient (Wildman–Crippen LogP) is -0.254. The van der Waals surface area contributed by atoms with Crippen LogP contribution < -0.4 is 0 Å². The number of β-amino-alcohol motifs (C(OH)–C–C–N with tert-alkyl or cyclic N) is 1. The Morgan fingerprint density at radius 2 is 2.33 bits per heavy atom. The summed E-state index contributed by atoms with van der Waals surface area (Å²) in [6, 6.07) is 0. The van der Waals surface area contributed by atoms with Gasteiger partial charge in [-0.15, -0.1) is 0 Å². The van der Waals surface area contributed by atoms with Gasteiger partial charge in [0.25, 0.3) is 0 Å². The highest BCUT2D eigenvalue weighted by atomic mass is 16.5. The third kappa shape index (κ3) is 1.86. The third-order valence-corrected chi connectivity index (χ3v) is 1.89. The number of carboxylic acid groups (broad SMARTS) is 1. The molecule has 0 bridgehead atoms. The lowest BCUT2D eigenvalue weighted by Crippen LogP contribution is -2.28. The Morgan fingerprint density at radius 1 is 1.67 bits per heavy atom. The van der Waals surface area contributed by atoms with E-state index in [0.29, 0.717) is 6.61 Å². The summed E-state index contributed by atoms with van der Waals surface area (Å²) >= 11 is 0. The fourth-order valence-electron chi connectivity index (χ4n) is 1.29. The highest BCUT2D eigenvalue weighted by Crippen LogP contribution is 2.13.